The molecular formula is C27H25NO3. The van der Waals surface area contributed by atoms with Crippen LogP contribution in [0, 0.1) is 5.92 Å². The number of ether oxygens (including phenoxy) is 1. The van der Waals surface area contributed by atoms with Crippen LogP contribution in [0.4, 0.5) is 0 Å². The lowest BCUT2D eigenvalue weighted by atomic mass is 9.86. The van der Waals surface area contributed by atoms with Gasteiger partial charge in [-0.2, -0.15) is 0 Å². The fourth-order valence-corrected chi connectivity index (χ4v) is 4.62. The molecule has 1 unspecified atom stereocenters. The molecule has 0 fully saturated rings. The third-order valence-electron chi connectivity index (χ3n) is 6.22. The van der Waals surface area contributed by atoms with Gasteiger partial charge >= 0.3 is 5.97 Å². The first kappa shape index (κ1) is 19.4. The van der Waals surface area contributed by atoms with Crippen molar-refractivity contribution in [2.45, 2.75) is 32.4 Å². The predicted octanol–water partition coefficient (Wildman–Crippen LogP) is 5.46. The van der Waals surface area contributed by atoms with E-state index in [1.54, 1.807) is 0 Å². The summed E-state index contributed by atoms with van der Waals surface area (Å²) in [5.74, 6) is -0.211. The van der Waals surface area contributed by atoms with E-state index in [4.69, 9.17) is 4.74 Å². The summed E-state index contributed by atoms with van der Waals surface area (Å²) in [6, 6.07) is 26.8. The second-order valence-corrected chi connectivity index (χ2v) is 8.23. The Kier molecular flexibility index (Phi) is 5.21. The quantitative estimate of drug-likeness (QED) is 0.458. The highest BCUT2D eigenvalue weighted by Gasteiger charge is 2.29. The van der Waals surface area contributed by atoms with E-state index in [2.05, 4.69) is 41.0 Å². The third kappa shape index (κ3) is 3.93. The lowest BCUT2D eigenvalue weighted by Gasteiger charge is -2.21. The van der Waals surface area contributed by atoms with E-state index < -0.39 is 5.97 Å². The summed E-state index contributed by atoms with van der Waals surface area (Å²) in [4.78, 5) is 11.7. The number of carbonyl (C=O) groups is 1. The number of fused-ring (bicyclic) bond motifs is 3. The Balaban J connectivity index is 1.53. The van der Waals surface area contributed by atoms with Crippen LogP contribution in [0.25, 0.3) is 10.9 Å². The highest BCUT2D eigenvalue weighted by atomic mass is 16.5. The molecule has 4 nitrogen and oxygen atoms in total. The topological polar surface area (TPSA) is 51.5 Å². The molecule has 1 atom stereocenters. The van der Waals surface area contributed by atoms with E-state index in [9.17, 15) is 9.90 Å². The number of benzene rings is 3. The number of carboxylic acids is 1. The van der Waals surface area contributed by atoms with Crippen LogP contribution in [0.2, 0.25) is 0 Å². The molecule has 0 amide bonds. The highest BCUT2D eigenvalue weighted by molar-refractivity contribution is 5.88. The van der Waals surface area contributed by atoms with Crippen molar-refractivity contribution in [3.63, 3.8) is 0 Å². The average molecular weight is 412 g/mol. The van der Waals surface area contributed by atoms with Crippen molar-refractivity contribution >= 4 is 16.9 Å². The van der Waals surface area contributed by atoms with Gasteiger partial charge in [0.05, 0.1) is 5.92 Å². The van der Waals surface area contributed by atoms with Crippen LogP contribution in [0.15, 0.2) is 78.9 Å². The Hall–Kier alpha value is -3.53. The van der Waals surface area contributed by atoms with Gasteiger partial charge < -0.3 is 14.4 Å². The summed E-state index contributed by atoms with van der Waals surface area (Å²) in [6.07, 6.45) is 2.05. The summed E-state index contributed by atoms with van der Waals surface area (Å²) in [5.41, 5.74) is 5.93. The molecule has 3 aromatic carbocycles. The molecule has 0 radical (unpaired) electrons. The van der Waals surface area contributed by atoms with E-state index in [1.807, 2.05) is 42.5 Å². The minimum atomic E-state index is -0.703. The van der Waals surface area contributed by atoms with Gasteiger partial charge in [-0.15, -0.1) is 0 Å². The molecule has 1 aromatic heterocycles. The largest absolute Gasteiger partial charge is 0.489 e. The molecule has 1 N–H and O–H groups in total. The van der Waals surface area contributed by atoms with Gasteiger partial charge in [0.25, 0.3) is 0 Å². The van der Waals surface area contributed by atoms with Crippen LogP contribution in [0.3, 0.4) is 0 Å². The van der Waals surface area contributed by atoms with Crippen molar-refractivity contribution < 1.29 is 14.6 Å². The van der Waals surface area contributed by atoms with Gasteiger partial charge in [-0.05, 0) is 54.2 Å². The average Bonchev–Trinajstić information content (AvgIpc) is 3.11. The Morgan fingerprint density at radius 2 is 1.68 bits per heavy atom. The first-order valence-electron chi connectivity index (χ1n) is 10.8. The zero-order valence-corrected chi connectivity index (χ0v) is 17.3. The molecule has 156 valence electrons. The monoisotopic (exact) mass is 411 g/mol. The van der Waals surface area contributed by atoms with Gasteiger partial charge in [-0.25, -0.2) is 0 Å². The van der Waals surface area contributed by atoms with Crippen molar-refractivity contribution in [1.82, 2.24) is 4.57 Å². The van der Waals surface area contributed by atoms with Crippen molar-refractivity contribution in [3.8, 4) is 5.75 Å². The Labute approximate surface area is 181 Å². The van der Waals surface area contributed by atoms with Crippen molar-refractivity contribution in [2.24, 2.45) is 5.92 Å². The van der Waals surface area contributed by atoms with E-state index in [1.165, 1.54) is 11.3 Å². The number of nitrogens with zero attached hydrogens (tertiary/aromatic N) is 1. The Morgan fingerprint density at radius 3 is 2.39 bits per heavy atom. The first-order chi connectivity index (χ1) is 15.2. The van der Waals surface area contributed by atoms with Gasteiger partial charge in [0.1, 0.15) is 12.4 Å². The molecular weight excluding hydrogens is 386 g/mol. The van der Waals surface area contributed by atoms with E-state index in [-0.39, 0.29) is 5.92 Å². The molecule has 0 saturated heterocycles. The first-order valence-corrected chi connectivity index (χ1v) is 10.8. The van der Waals surface area contributed by atoms with E-state index >= 15 is 0 Å². The minimum absolute atomic E-state index is 0.322. The van der Waals surface area contributed by atoms with Crippen molar-refractivity contribution in [1.29, 1.82) is 0 Å². The number of aromatic nitrogens is 1. The van der Waals surface area contributed by atoms with Crippen LogP contribution in [0.5, 0.6) is 5.75 Å². The van der Waals surface area contributed by atoms with Gasteiger partial charge in [0, 0.05) is 23.1 Å². The van der Waals surface area contributed by atoms with Crippen LogP contribution in [-0.2, 0) is 30.8 Å². The summed E-state index contributed by atoms with van der Waals surface area (Å²) >= 11 is 0. The number of hydrogen-bond donors (Lipinski definition) is 1. The lowest BCUT2D eigenvalue weighted by molar-refractivity contribution is -0.142. The van der Waals surface area contributed by atoms with Gasteiger partial charge in [-0.1, -0.05) is 60.7 Å². The van der Waals surface area contributed by atoms with Crippen LogP contribution in [-0.4, -0.2) is 15.6 Å². The number of carboxylic acid groups (broad SMARTS) is 1. The summed E-state index contributed by atoms with van der Waals surface area (Å²) in [6.45, 7) is 1.30. The molecule has 4 heteroatoms. The fraction of sp³-hybridized carbons (Fsp3) is 0.222. The van der Waals surface area contributed by atoms with Crippen LogP contribution >= 0.6 is 0 Å². The molecule has 31 heavy (non-hydrogen) atoms. The SMILES string of the molecule is O=C(O)C1CCc2c(c3cc(OCc4ccccc4)ccc3n2Cc2ccccc2)C1. The summed E-state index contributed by atoms with van der Waals surface area (Å²) in [5, 5.41) is 10.7. The smallest absolute Gasteiger partial charge is 0.306 e. The molecule has 1 aliphatic carbocycles. The molecule has 0 bridgehead atoms. The molecule has 1 heterocycles. The van der Waals surface area contributed by atoms with Crippen molar-refractivity contribution in [2.75, 3.05) is 0 Å². The van der Waals surface area contributed by atoms with E-state index in [0.717, 1.165) is 40.7 Å². The fourth-order valence-electron chi connectivity index (χ4n) is 4.62. The van der Waals surface area contributed by atoms with Gasteiger partial charge in [0.2, 0.25) is 0 Å². The zero-order chi connectivity index (χ0) is 21.2. The second-order valence-electron chi connectivity index (χ2n) is 8.23. The maximum absolute atomic E-state index is 11.7. The van der Waals surface area contributed by atoms with Gasteiger partial charge in [-0.3, -0.25) is 4.79 Å². The molecule has 1 aliphatic rings. The predicted molar refractivity (Wildman–Crippen MR) is 121 cm³/mol. The molecule has 5 rings (SSSR count). The molecule has 0 spiro atoms. The standard InChI is InChI=1S/C27H25NO3/c29-27(30)21-11-13-25-23(15-21)24-16-22(31-18-20-9-5-2-6-10-20)12-14-26(24)28(25)17-19-7-3-1-4-8-19/h1-10,12,14,16,21H,11,13,15,17-18H2,(H,29,30). The molecule has 0 aliphatic heterocycles. The number of rotatable bonds is 6. The number of aliphatic carboxylic acids is 1. The molecule has 4 aromatic rings. The Bertz CT molecular complexity index is 1210. The van der Waals surface area contributed by atoms with Crippen molar-refractivity contribution in [3.05, 3.63) is 101 Å². The number of hydrogen-bond acceptors (Lipinski definition) is 2. The Morgan fingerprint density at radius 1 is 0.968 bits per heavy atom. The van der Waals surface area contributed by atoms with Crippen LogP contribution in [0.1, 0.15) is 28.8 Å². The zero-order valence-electron chi connectivity index (χ0n) is 17.3. The second kappa shape index (κ2) is 8.31. The van der Waals surface area contributed by atoms with Gasteiger partial charge in [0.15, 0.2) is 0 Å². The maximum Gasteiger partial charge on any atom is 0.306 e. The van der Waals surface area contributed by atoms with Crippen LogP contribution < -0.4 is 4.74 Å². The summed E-state index contributed by atoms with van der Waals surface area (Å²) < 4.78 is 8.43. The minimum Gasteiger partial charge on any atom is -0.489 e. The molecule has 0 saturated carbocycles. The van der Waals surface area contributed by atoms with E-state index in [0.29, 0.717) is 19.4 Å². The highest BCUT2D eigenvalue weighted by Crippen LogP contribution is 2.37. The summed E-state index contributed by atoms with van der Waals surface area (Å²) in [7, 11) is 0. The lowest BCUT2D eigenvalue weighted by Crippen LogP contribution is -2.23. The third-order valence-corrected chi connectivity index (χ3v) is 6.22. The maximum atomic E-state index is 11.7. The normalized spacial score (nSPS) is 15.5.